The zero-order valence-electron chi connectivity index (χ0n) is 21.7. The summed E-state index contributed by atoms with van der Waals surface area (Å²) < 4.78 is 16.7. The van der Waals surface area contributed by atoms with Gasteiger partial charge in [-0.25, -0.2) is 0 Å². The minimum absolute atomic E-state index is 0.0909. The summed E-state index contributed by atoms with van der Waals surface area (Å²) in [6.07, 6.45) is 1.56. The monoisotopic (exact) mass is 508 g/mol. The molecule has 0 bridgehead atoms. The van der Waals surface area contributed by atoms with Crippen LogP contribution in [0.4, 0.5) is 0 Å². The molecule has 198 valence electrons. The molecule has 37 heavy (non-hydrogen) atoms. The lowest BCUT2D eigenvalue weighted by atomic mass is 9.95. The van der Waals surface area contributed by atoms with Gasteiger partial charge in [-0.05, 0) is 49.6 Å². The Balaban J connectivity index is 1.66. The molecule has 1 N–H and O–H groups in total. The van der Waals surface area contributed by atoms with E-state index in [9.17, 15) is 14.7 Å². The fraction of sp³-hybridized carbons (Fsp3) is 0.448. The Morgan fingerprint density at radius 3 is 2.46 bits per heavy atom. The van der Waals surface area contributed by atoms with Gasteiger partial charge in [0.15, 0.2) is 0 Å². The molecule has 2 fully saturated rings. The van der Waals surface area contributed by atoms with E-state index in [-0.39, 0.29) is 11.3 Å². The number of nitrogens with zero attached hydrogens (tertiary/aromatic N) is 2. The molecule has 2 heterocycles. The summed E-state index contributed by atoms with van der Waals surface area (Å²) in [6, 6.07) is 13.7. The zero-order valence-corrected chi connectivity index (χ0v) is 21.7. The van der Waals surface area contributed by atoms with Crippen molar-refractivity contribution in [2.24, 2.45) is 0 Å². The highest BCUT2D eigenvalue weighted by atomic mass is 16.5. The first-order chi connectivity index (χ1) is 18.0. The maximum atomic E-state index is 13.3. The van der Waals surface area contributed by atoms with Crippen LogP contribution in [0, 0.1) is 0 Å². The summed E-state index contributed by atoms with van der Waals surface area (Å²) in [5, 5.41) is 11.4. The van der Waals surface area contributed by atoms with Crippen molar-refractivity contribution in [1.29, 1.82) is 0 Å². The molecule has 1 amide bonds. The van der Waals surface area contributed by atoms with Crippen molar-refractivity contribution >= 4 is 17.4 Å². The molecule has 0 radical (unpaired) electrons. The summed E-state index contributed by atoms with van der Waals surface area (Å²) in [5.41, 5.74) is 1.28. The molecule has 0 aliphatic carbocycles. The van der Waals surface area contributed by atoms with Crippen LogP contribution in [0.3, 0.4) is 0 Å². The van der Waals surface area contributed by atoms with Gasteiger partial charge in [-0.1, -0.05) is 31.2 Å². The van der Waals surface area contributed by atoms with Gasteiger partial charge in [0.1, 0.15) is 17.3 Å². The maximum Gasteiger partial charge on any atom is 0.295 e. The van der Waals surface area contributed by atoms with Gasteiger partial charge in [0.05, 0.1) is 38.0 Å². The molecule has 4 rings (SSSR count). The SMILES string of the molecule is CCCOc1cccc(C(O)=C2C(=O)C(=O)N(CCCN3CCOCC3)C2c2ccc(OCC)cc2)c1. The van der Waals surface area contributed by atoms with E-state index in [0.717, 1.165) is 31.6 Å². The fourth-order valence-corrected chi connectivity index (χ4v) is 4.77. The molecule has 2 aromatic rings. The number of hydrogen-bond acceptors (Lipinski definition) is 7. The fourth-order valence-electron chi connectivity index (χ4n) is 4.77. The molecule has 2 aliphatic rings. The zero-order chi connectivity index (χ0) is 26.2. The third-order valence-corrected chi connectivity index (χ3v) is 6.60. The molecular weight excluding hydrogens is 472 g/mol. The van der Waals surface area contributed by atoms with Crippen LogP contribution < -0.4 is 9.47 Å². The van der Waals surface area contributed by atoms with Crippen molar-refractivity contribution in [1.82, 2.24) is 9.80 Å². The van der Waals surface area contributed by atoms with E-state index in [1.54, 1.807) is 29.2 Å². The molecular formula is C29H36N2O6. The number of morpholine rings is 1. The van der Waals surface area contributed by atoms with Gasteiger partial charge in [-0.2, -0.15) is 0 Å². The average molecular weight is 509 g/mol. The maximum absolute atomic E-state index is 13.3. The van der Waals surface area contributed by atoms with Crippen LogP contribution in [0.15, 0.2) is 54.1 Å². The molecule has 0 aromatic heterocycles. The number of carbonyl (C=O) groups excluding carboxylic acids is 2. The van der Waals surface area contributed by atoms with Crippen molar-refractivity contribution in [2.45, 2.75) is 32.7 Å². The second kappa shape index (κ2) is 12.7. The highest BCUT2D eigenvalue weighted by molar-refractivity contribution is 6.46. The van der Waals surface area contributed by atoms with E-state index in [1.807, 2.05) is 38.1 Å². The van der Waals surface area contributed by atoms with Crippen LogP contribution in [0.5, 0.6) is 11.5 Å². The topological polar surface area (TPSA) is 88.5 Å². The predicted octanol–water partition coefficient (Wildman–Crippen LogP) is 4.02. The molecule has 2 aromatic carbocycles. The molecule has 1 unspecified atom stereocenters. The number of carbonyl (C=O) groups is 2. The summed E-state index contributed by atoms with van der Waals surface area (Å²) in [5.74, 6) is -0.169. The van der Waals surface area contributed by atoms with Crippen LogP contribution in [-0.4, -0.2) is 79.2 Å². The van der Waals surface area contributed by atoms with Crippen molar-refractivity contribution in [3.63, 3.8) is 0 Å². The number of ether oxygens (including phenoxy) is 3. The van der Waals surface area contributed by atoms with E-state index in [1.165, 1.54) is 0 Å². The molecule has 8 nitrogen and oxygen atoms in total. The first-order valence-electron chi connectivity index (χ1n) is 13.1. The second-order valence-electron chi connectivity index (χ2n) is 9.18. The summed E-state index contributed by atoms with van der Waals surface area (Å²) in [4.78, 5) is 30.4. The number of likely N-dealkylation sites (tertiary alicyclic amines) is 1. The van der Waals surface area contributed by atoms with Gasteiger partial charge >= 0.3 is 0 Å². The third kappa shape index (κ3) is 6.32. The number of hydrogen-bond donors (Lipinski definition) is 1. The standard InChI is InChI=1S/C29H36N2O6/c1-3-17-37-24-8-5-7-22(20-24)27(32)25-26(21-9-11-23(12-10-21)36-4-2)31(29(34)28(25)33)14-6-13-30-15-18-35-19-16-30/h5,7-12,20,26,32H,3-4,6,13-19H2,1-2H3. The molecule has 2 saturated heterocycles. The number of aliphatic hydroxyl groups is 1. The van der Waals surface area contributed by atoms with E-state index in [4.69, 9.17) is 14.2 Å². The molecule has 0 spiro atoms. The van der Waals surface area contributed by atoms with Crippen LogP contribution >= 0.6 is 0 Å². The number of Topliss-reactive ketones (excluding diaryl/α,β-unsaturated/α-hetero) is 1. The lowest BCUT2D eigenvalue weighted by Gasteiger charge is -2.29. The average Bonchev–Trinajstić information content (AvgIpc) is 3.18. The summed E-state index contributed by atoms with van der Waals surface area (Å²) in [7, 11) is 0. The van der Waals surface area contributed by atoms with Crippen molar-refractivity contribution < 1.29 is 28.9 Å². The van der Waals surface area contributed by atoms with Crippen LogP contribution in [0.1, 0.15) is 43.9 Å². The van der Waals surface area contributed by atoms with E-state index >= 15 is 0 Å². The van der Waals surface area contributed by atoms with E-state index in [2.05, 4.69) is 4.90 Å². The Labute approximate surface area is 218 Å². The Bertz CT molecular complexity index is 1110. The van der Waals surface area contributed by atoms with Gasteiger partial charge in [-0.3, -0.25) is 14.5 Å². The number of rotatable bonds is 11. The van der Waals surface area contributed by atoms with Crippen molar-refractivity contribution in [3.8, 4) is 11.5 Å². The number of amides is 1. The predicted molar refractivity (Wildman–Crippen MR) is 141 cm³/mol. The lowest BCUT2D eigenvalue weighted by Crippen LogP contribution is -2.38. The Morgan fingerprint density at radius 1 is 1.00 bits per heavy atom. The molecule has 2 aliphatic heterocycles. The first-order valence-corrected chi connectivity index (χ1v) is 13.1. The Hall–Kier alpha value is -3.36. The smallest absolute Gasteiger partial charge is 0.295 e. The van der Waals surface area contributed by atoms with Gasteiger partial charge in [0, 0.05) is 31.7 Å². The van der Waals surface area contributed by atoms with Crippen LogP contribution in [-0.2, 0) is 14.3 Å². The second-order valence-corrected chi connectivity index (χ2v) is 9.18. The summed E-state index contributed by atoms with van der Waals surface area (Å²) >= 11 is 0. The van der Waals surface area contributed by atoms with E-state index < -0.39 is 17.7 Å². The van der Waals surface area contributed by atoms with Gasteiger partial charge < -0.3 is 24.2 Å². The van der Waals surface area contributed by atoms with Crippen molar-refractivity contribution in [3.05, 3.63) is 65.2 Å². The normalized spacial score (nSPS) is 19.8. The molecule has 1 atom stereocenters. The molecule has 8 heteroatoms. The molecule has 0 saturated carbocycles. The highest BCUT2D eigenvalue weighted by Crippen LogP contribution is 2.40. The third-order valence-electron chi connectivity index (χ3n) is 6.60. The Kier molecular flexibility index (Phi) is 9.19. The van der Waals surface area contributed by atoms with Crippen LogP contribution in [0.2, 0.25) is 0 Å². The quantitative estimate of drug-likeness (QED) is 0.279. The number of aliphatic hydroxyl groups excluding tert-OH is 1. The van der Waals surface area contributed by atoms with Crippen LogP contribution in [0.25, 0.3) is 5.76 Å². The lowest BCUT2D eigenvalue weighted by molar-refractivity contribution is -0.140. The minimum atomic E-state index is -0.694. The number of ketones is 1. The van der Waals surface area contributed by atoms with E-state index in [0.29, 0.717) is 56.5 Å². The van der Waals surface area contributed by atoms with Gasteiger partial charge in [0.2, 0.25) is 0 Å². The first kappa shape index (κ1) is 26.7. The number of benzene rings is 2. The Morgan fingerprint density at radius 2 is 1.76 bits per heavy atom. The van der Waals surface area contributed by atoms with Crippen molar-refractivity contribution in [2.75, 3.05) is 52.6 Å². The largest absolute Gasteiger partial charge is 0.507 e. The minimum Gasteiger partial charge on any atom is -0.507 e. The van der Waals surface area contributed by atoms with Gasteiger partial charge in [0.25, 0.3) is 11.7 Å². The summed E-state index contributed by atoms with van der Waals surface area (Å²) in [6.45, 7) is 9.34. The highest BCUT2D eigenvalue weighted by Gasteiger charge is 2.45. The van der Waals surface area contributed by atoms with Gasteiger partial charge in [-0.15, -0.1) is 0 Å².